The highest BCUT2D eigenvalue weighted by Crippen LogP contribution is 2.36. The summed E-state index contributed by atoms with van der Waals surface area (Å²) in [6.07, 6.45) is 2.03. The molecule has 1 unspecified atom stereocenters. The number of hydrogen-bond donors (Lipinski definition) is 2. The molecule has 0 aromatic heterocycles. The molecule has 0 aliphatic carbocycles. The Morgan fingerprint density at radius 3 is 2.52 bits per heavy atom. The van der Waals surface area contributed by atoms with E-state index >= 15 is 0 Å². The van der Waals surface area contributed by atoms with Gasteiger partial charge in [-0.15, -0.1) is 11.8 Å². The van der Waals surface area contributed by atoms with E-state index in [1.54, 1.807) is 0 Å². The topological polar surface area (TPSA) is 41.1 Å². The fraction of sp³-hybridized carbons (Fsp3) is 0.381. The van der Waals surface area contributed by atoms with Gasteiger partial charge in [-0.1, -0.05) is 37.3 Å². The fourth-order valence-corrected chi connectivity index (χ4v) is 4.26. The lowest BCUT2D eigenvalue weighted by Gasteiger charge is -2.34. The van der Waals surface area contributed by atoms with Crippen molar-refractivity contribution < 1.29 is 13.6 Å². The molecule has 1 aliphatic heterocycles. The largest absolute Gasteiger partial charge is 0.354 e. The maximum atomic E-state index is 13.6. The molecule has 1 heterocycles. The van der Waals surface area contributed by atoms with Crippen LogP contribution in [-0.2, 0) is 4.79 Å². The third kappa shape index (κ3) is 5.30. The Bertz CT molecular complexity index is 779. The first-order valence-corrected chi connectivity index (χ1v) is 10.00. The molecule has 2 aromatic carbocycles. The van der Waals surface area contributed by atoms with Gasteiger partial charge in [0, 0.05) is 11.4 Å². The minimum atomic E-state index is -0.908. The Morgan fingerprint density at radius 1 is 1.15 bits per heavy atom. The Kier molecular flexibility index (Phi) is 6.50. The lowest BCUT2D eigenvalue weighted by Crippen LogP contribution is -2.43. The molecule has 1 fully saturated rings. The molecule has 0 radical (unpaired) electrons. The summed E-state index contributed by atoms with van der Waals surface area (Å²) in [6, 6.07) is 13.1. The summed E-state index contributed by atoms with van der Waals surface area (Å²) in [5.74, 6) is -1.91. The Morgan fingerprint density at radius 2 is 1.85 bits per heavy atom. The van der Waals surface area contributed by atoms with Crippen molar-refractivity contribution in [2.24, 2.45) is 5.41 Å². The fourth-order valence-electron chi connectivity index (χ4n) is 3.19. The van der Waals surface area contributed by atoms with Crippen LogP contribution in [0.2, 0.25) is 0 Å². The second kappa shape index (κ2) is 8.85. The van der Waals surface area contributed by atoms with Gasteiger partial charge in [0.2, 0.25) is 5.91 Å². The van der Waals surface area contributed by atoms with Crippen molar-refractivity contribution in [3.63, 3.8) is 0 Å². The van der Waals surface area contributed by atoms with Crippen LogP contribution in [0.3, 0.4) is 0 Å². The third-order valence-electron chi connectivity index (χ3n) is 4.99. The van der Waals surface area contributed by atoms with Crippen LogP contribution >= 0.6 is 11.8 Å². The van der Waals surface area contributed by atoms with Gasteiger partial charge in [0.1, 0.15) is 5.25 Å². The number of rotatable bonds is 6. The van der Waals surface area contributed by atoms with Crippen molar-refractivity contribution in [3.8, 4) is 0 Å². The summed E-state index contributed by atoms with van der Waals surface area (Å²) in [6.45, 7) is 4.71. The molecule has 27 heavy (non-hydrogen) atoms. The number of halogens is 2. The van der Waals surface area contributed by atoms with Crippen LogP contribution in [0.25, 0.3) is 0 Å². The van der Waals surface area contributed by atoms with Crippen LogP contribution in [0.1, 0.15) is 30.6 Å². The third-order valence-corrected chi connectivity index (χ3v) is 6.23. The average molecular weight is 390 g/mol. The maximum Gasteiger partial charge on any atom is 0.238 e. The van der Waals surface area contributed by atoms with Crippen LogP contribution in [-0.4, -0.2) is 25.5 Å². The highest BCUT2D eigenvalue weighted by molar-refractivity contribution is 8.00. The van der Waals surface area contributed by atoms with Crippen LogP contribution in [0.15, 0.2) is 53.4 Å². The van der Waals surface area contributed by atoms with Crippen molar-refractivity contribution in [3.05, 3.63) is 65.7 Å². The van der Waals surface area contributed by atoms with Crippen molar-refractivity contribution in [2.75, 3.05) is 19.6 Å². The predicted molar refractivity (Wildman–Crippen MR) is 105 cm³/mol. The Balaban J connectivity index is 1.75. The molecule has 3 rings (SSSR count). The highest BCUT2D eigenvalue weighted by atomic mass is 32.2. The molecule has 2 aromatic rings. The number of nitrogens with one attached hydrogen (secondary N) is 2. The van der Waals surface area contributed by atoms with E-state index in [4.69, 9.17) is 0 Å². The quantitative estimate of drug-likeness (QED) is 0.723. The first kappa shape index (κ1) is 19.8. The zero-order valence-electron chi connectivity index (χ0n) is 15.3. The molecular formula is C21H24F2N2OS. The minimum Gasteiger partial charge on any atom is -0.354 e. The molecule has 6 heteroatoms. The number of carbonyl (C=O) groups is 1. The van der Waals surface area contributed by atoms with Crippen LogP contribution < -0.4 is 10.6 Å². The number of benzene rings is 2. The molecule has 0 saturated carbocycles. The molecule has 0 spiro atoms. The van der Waals surface area contributed by atoms with Gasteiger partial charge in [-0.3, -0.25) is 4.79 Å². The minimum absolute atomic E-state index is 0.0782. The second-order valence-electron chi connectivity index (χ2n) is 7.26. The highest BCUT2D eigenvalue weighted by Gasteiger charge is 2.29. The summed E-state index contributed by atoms with van der Waals surface area (Å²) in [4.78, 5) is 13.5. The Labute approximate surface area is 162 Å². The SMILES string of the molecule is CC1(CNC(=O)C(Sc2ccc(F)c(F)c2)c2ccccc2)CCNCC1. The molecule has 1 saturated heterocycles. The monoisotopic (exact) mass is 390 g/mol. The van der Waals surface area contributed by atoms with Gasteiger partial charge < -0.3 is 10.6 Å². The van der Waals surface area contributed by atoms with Gasteiger partial charge in [-0.05, 0) is 55.1 Å². The second-order valence-corrected chi connectivity index (χ2v) is 8.44. The van der Waals surface area contributed by atoms with Gasteiger partial charge in [-0.2, -0.15) is 0 Å². The van der Waals surface area contributed by atoms with Gasteiger partial charge in [-0.25, -0.2) is 8.78 Å². The number of piperidine rings is 1. The lowest BCUT2D eigenvalue weighted by atomic mass is 9.81. The first-order chi connectivity index (χ1) is 13.0. The molecule has 1 atom stereocenters. The average Bonchev–Trinajstić information content (AvgIpc) is 2.68. The molecule has 0 bridgehead atoms. The van der Waals surface area contributed by atoms with Crippen molar-refractivity contribution >= 4 is 17.7 Å². The summed E-state index contributed by atoms with van der Waals surface area (Å²) in [5, 5.41) is 5.89. The smallest absolute Gasteiger partial charge is 0.238 e. The molecule has 1 amide bonds. The van der Waals surface area contributed by atoms with Gasteiger partial charge in [0.25, 0.3) is 0 Å². The van der Waals surface area contributed by atoms with E-state index in [2.05, 4.69) is 17.6 Å². The van der Waals surface area contributed by atoms with E-state index in [0.717, 1.165) is 43.6 Å². The van der Waals surface area contributed by atoms with Crippen molar-refractivity contribution in [2.45, 2.75) is 29.9 Å². The van der Waals surface area contributed by atoms with Crippen molar-refractivity contribution in [1.82, 2.24) is 10.6 Å². The van der Waals surface area contributed by atoms with Crippen LogP contribution in [0.5, 0.6) is 0 Å². The van der Waals surface area contributed by atoms with Gasteiger partial charge in [0.05, 0.1) is 0 Å². The first-order valence-electron chi connectivity index (χ1n) is 9.12. The Hall–Kier alpha value is -1.92. The predicted octanol–water partition coefficient (Wildman–Crippen LogP) is 4.30. The van der Waals surface area contributed by atoms with Gasteiger partial charge in [0.15, 0.2) is 11.6 Å². The van der Waals surface area contributed by atoms with E-state index in [9.17, 15) is 13.6 Å². The molecule has 2 N–H and O–H groups in total. The molecule has 3 nitrogen and oxygen atoms in total. The van der Waals surface area contributed by atoms with Gasteiger partial charge >= 0.3 is 0 Å². The summed E-state index contributed by atoms with van der Waals surface area (Å²) in [7, 11) is 0. The summed E-state index contributed by atoms with van der Waals surface area (Å²) >= 11 is 1.23. The number of carbonyl (C=O) groups excluding carboxylic acids is 1. The maximum absolute atomic E-state index is 13.6. The number of thioether (sulfide) groups is 1. The standard InChI is InChI=1S/C21H24F2N2OS/c1-21(9-11-24-12-10-21)14-25-20(26)19(15-5-3-2-4-6-15)27-16-7-8-17(22)18(23)13-16/h2-8,13,19,24H,9-12,14H2,1H3,(H,25,26). The van der Waals surface area contributed by atoms with E-state index in [-0.39, 0.29) is 11.3 Å². The normalized spacial score (nSPS) is 17.3. The van der Waals surface area contributed by atoms with E-state index in [0.29, 0.717) is 11.4 Å². The number of amides is 1. The van der Waals surface area contributed by atoms with E-state index in [1.165, 1.54) is 17.8 Å². The summed E-state index contributed by atoms with van der Waals surface area (Å²) < 4.78 is 26.8. The molecule has 144 valence electrons. The van der Waals surface area contributed by atoms with E-state index in [1.807, 2.05) is 30.3 Å². The summed E-state index contributed by atoms with van der Waals surface area (Å²) in [5.41, 5.74) is 0.912. The van der Waals surface area contributed by atoms with Crippen LogP contribution in [0, 0.1) is 17.0 Å². The zero-order valence-corrected chi connectivity index (χ0v) is 16.1. The van der Waals surface area contributed by atoms with Crippen LogP contribution in [0.4, 0.5) is 8.78 Å². The lowest BCUT2D eigenvalue weighted by molar-refractivity contribution is -0.121. The van der Waals surface area contributed by atoms with E-state index < -0.39 is 16.9 Å². The van der Waals surface area contributed by atoms with Crippen molar-refractivity contribution in [1.29, 1.82) is 0 Å². The molecular weight excluding hydrogens is 366 g/mol. The molecule has 1 aliphatic rings. The number of hydrogen-bond acceptors (Lipinski definition) is 3. The zero-order chi connectivity index (χ0) is 19.3.